The molecule has 4 rings (SSSR count). The summed E-state index contributed by atoms with van der Waals surface area (Å²) in [5.74, 6) is 0.841. The van der Waals surface area contributed by atoms with E-state index in [4.69, 9.17) is 9.72 Å². The molecule has 0 N–H and O–H groups in total. The predicted octanol–water partition coefficient (Wildman–Crippen LogP) is 6.52. The van der Waals surface area contributed by atoms with Crippen LogP contribution < -0.4 is 4.74 Å². The van der Waals surface area contributed by atoms with Crippen LogP contribution in [0, 0.1) is 0 Å². The minimum atomic E-state index is -0.0225. The molecular weight excluding hydrogens is 344 g/mol. The number of aromatic nitrogens is 2. The van der Waals surface area contributed by atoms with Gasteiger partial charge in [-0.3, -0.25) is 0 Å². The van der Waals surface area contributed by atoms with Crippen molar-refractivity contribution in [3.63, 3.8) is 0 Å². The largest absolute Gasteiger partial charge is 0.497 e. The third kappa shape index (κ3) is 3.18. The molecule has 28 heavy (non-hydrogen) atoms. The van der Waals surface area contributed by atoms with E-state index in [0.29, 0.717) is 0 Å². The Bertz CT molecular complexity index is 1110. The molecule has 0 aliphatic rings. The van der Waals surface area contributed by atoms with E-state index in [1.807, 2.05) is 18.2 Å². The molecule has 2 aromatic carbocycles. The monoisotopic (exact) mass is 370 g/mol. The lowest BCUT2D eigenvalue weighted by Gasteiger charge is -2.26. The van der Waals surface area contributed by atoms with Gasteiger partial charge in [-0.05, 0) is 50.1 Å². The van der Waals surface area contributed by atoms with Crippen molar-refractivity contribution < 1.29 is 4.74 Å². The van der Waals surface area contributed by atoms with Gasteiger partial charge < -0.3 is 9.30 Å². The van der Waals surface area contributed by atoms with Crippen LogP contribution in [-0.2, 0) is 5.54 Å². The van der Waals surface area contributed by atoms with Gasteiger partial charge in [0.2, 0.25) is 0 Å². The van der Waals surface area contributed by atoms with Crippen LogP contribution in [0.2, 0.25) is 0 Å². The Kier molecular flexibility index (Phi) is 4.68. The first-order valence-corrected chi connectivity index (χ1v) is 9.76. The maximum absolute atomic E-state index is 5.39. The van der Waals surface area contributed by atoms with E-state index in [1.165, 1.54) is 16.5 Å². The molecule has 3 heteroatoms. The smallest absolute Gasteiger partial charge is 0.141 e. The molecule has 0 saturated heterocycles. The van der Waals surface area contributed by atoms with Gasteiger partial charge in [-0.15, -0.1) is 0 Å². The van der Waals surface area contributed by atoms with Crippen LogP contribution in [0.3, 0.4) is 0 Å². The van der Waals surface area contributed by atoms with Gasteiger partial charge in [0, 0.05) is 28.2 Å². The minimum absolute atomic E-state index is 0.0225. The summed E-state index contributed by atoms with van der Waals surface area (Å²) in [6.07, 6.45) is 3.28. The summed E-state index contributed by atoms with van der Waals surface area (Å²) < 4.78 is 7.72. The zero-order chi connectivity index (χ0) is 19.7. The summed E-state index contributed by atoms with van der Waals surface area (Å²) in [5.41, 5.74) is 5.45. The van der Waals surface area contributed by atoms with Gasteiger partial charge in [-0.25, -0.2) is 4.98 Å². The number of nitrogens with zero attached hydrogens (tertiary/aromatic N) is 2. The van der Waals surface area contributed by atoms with E-state index in [-0.39, 0.29) is 5.54 Å². The van der Waals surface area contributed by atoms with Crippen molar-refractivity contribution in [3.8, 4) is 28.1 Å². The van der Waals surface area contributed by atoms with Gasteiger partial charge in [0.05, 0.1) is 12.8 Å². The van der Waals surface area contributed by atoms with Crippen molar-refractivity contribution in [3.05, 3.63) is 72.9 Å². The molecular formula is C25H26N2O. The van der Waals surface area contributed by atoms with Crippen molar-refractivity contribution in [1.82, 2.24) is 9.55 Å². The highest BCUT2D eigenvalue weighted by Gasteiger charge is 2.23. The van der Waals surface area contributed by atoms with Crippen LogP contribution in [0.15, 0.2) is 72.9 Å². The minimum Gasteiger partial charge on any atom is -0.497 e. The molecule has 142 valence electrons. The standard InChI is InChI=1S/C25H26N2O/c1-5-25(2,3)27-17-22(18-10-7-6-8-11-18)21-14-15-23(26-24(21)27)19-12-9-13-20(16-19)28-4/h6-17H,5H2,1-4H3. The molecule has 0 fully saturated rings. The fraction of sp³-hybridized carbons (Fsp3) is 0.240. The summed E-state index contributed by atoms with van der Waals surface area (Å²) in [6, 6.07) is 22.9. The van der Waals surface area contributed by atoms with Crippen LogP contribution in [0.1, 0.15) is 27.2 Å². The molecule has 0 atom stereocenters. The lowest BCUT2D eigenvalue weighted by molar-refractivity contribution is 0.352. The Labute approximate surface area is 166 Å². The Morgan fingerprint density at radius 2 is 1.68 bits per heavy atom. The van der Waals surface area contributed by atoms with Gasteiger partial charge in [-0.2, -0.15) is 0 Å². The molecule has 2 aromatic heterocycles. The molecule has 0 bridgehead atoms. The molecule has 0 unspecified atom stereocenters. The maximum atomic E-state index is 5.39. The number of hydrogen-bond donors (Lipinski definition) is 0. The van der Waals surface area contributed by atoms with Gasteiger partial charge >= 0.3 is 0 Å². The van der Waals surface area contributed by atoms with Crippen molar-refractivity contribution >= 4 is 11.0 Å². The molecule has 0 aliphatic carbocycles. The third-order valence-corrected chi connectivity index (χ3v) is 5.62. The zero-order valence-corrected chi connectivity index (χ0v) is 16.9. The lowest BCUT2D eigenvalue weighted by atomic mass is 10.0. The molecule has 2 heterocycles. The SMILES string of the molecule is CCC(C)(C)n1cc(-c2ccccc2)c2ccc(-c3cccc(OC)c3)nc21. The number of hydrogen-bond acceptors (Lipinski definition) is 2. The highest BCUT2D eigenvalue weighted by Crippen LogP contribution is 2.36. The van der Waals surface area contributed by atoms with Gasteiger partial charge in [0.15, 0.2) is 0 Å². The molecule has 4 aromatic rings. The van der Waals surface area contributed by atoms with E-state index < -0.39 is 0 Å². The first-order valence-electron chi connectivity index (χ1n) is 9.76. The predicted molar refractivity (Wildman–Crippen MR) is 117 cm³/mol. The Balaban J connectivity index is 1.95. The molecule has 0 radical (unpaired) electrons. The average Bonchev–Trinajstić information content (AvgIpc) is 3.14. The Hall–Kier alpha value is -3.07. The quantitative estimate of drug-likeness (QED) is 0.400. The van der Waals surface area contributed by atoms with Crippen molar-refractivity contribution in [1.29, 1.82) is 0 Å². The number of benzene rings is 2. The highest BCUT2D eigenvalue weighted by atomic mass is 16.5. The number of rotatable bonds is 5. The second-order valence-corrected chi connectivity index (χ2v) is 7.74. The van der Waals surface area contributed by atoms with E-state index in [9.17, 15) is 0 Å². The maximum Gasteiger partial charge on any atom is 0.141 e. The van der Waals surface area contributed by atoms with Gasteiger partial charge in [-0.1, -0.05) is 49.4 Å². The topological polar surface area (TPSA) is 27.1 Å². The second kappa shape index (κ2) is 7.16. The molecule has 0 aliphatic heterocycles. The van der Waals surface area contributed by atoms with Crippen LogP contribution in [0.4, 0.5) is 0 Å². The molecule has 0 amide bonds. The Morgan fingerprint density at radius 1 is 0.929 bits per heavy atom. The van der Waals surface area contributed by atoms with Crippen molar-refractivity contribution in [2.24, 2.45) is 0 Å². The van der Waals surface area contributed by atoms with Gasteiger partial charge in [0.1, 0.15) is 11.4 Å². The van der Waals surface area contributed by atoms with Crippen LogP contribution in [0.5, 0.6) is 5.75 Å². The average molecular weight is 370 g/mol. The molecule has 3 nitrogen and oxygen atoms in total. The highest BCUT2D eigenvalue weighted by molar-refractivity contribution is 5.95. The van der Waals surface area contributed by atoms with Crippen LogP contribution in [-0.4, -0.2) is 16.7 Å². The first kappa shape index (κ1) is 18.3. The normalized spacial score (nSPS) is 11.7. The summed E-state index contributed by atoms with van der Waals surface area (Å²) in [4.78, 5) is 5.09. The van der Waals surface area contributed by atoms with Crippen LogP contribution >= 0.6 is 0 Å². The van der Waals surface area contributed by atoms with E-state index in [0.717, 1.165) is 29.1 Å². The summed E-state index contributed by atoms with van der Waals surface area (Å²) in [7, 11) is 1.69. The van der Waals surface area contributed by atoms with E-state index in [2.05, 4.69) is 80.1 Å². The number of fused-ring (bicyclic) bond motifs is 1. The third-order valence-electron chi connectivity index (χ3n) is 5.62. The number of methoxy groups -OCH3 is 1. The van der Waals surface area contributed by atoms with Crippen molar-refractivity contribution in [2.75, 3.05) is 7.11 Å². The van der Waals surface area contributed by atoms with Crippen LogP contribution in [0.25, 0.3) is 33.4 Å². The Morgan fingerprint density at radius 3 is 2.39 bits per heavy atom. The number of pyridine rings is 1. The van der Waals surface area contributed by atoms with E-state index in [1.54, 1.807) is 7.11 Å². The number of ether oxygens (including phenoxy) is 1. The molecule has 0 saturated carbocycles. The fourth-order valence-corrected chi connectivity index (χ4v) is 3.52. The van der Waals surface area contributed by atoms with Gasteiger partial charge in [0.25, 0.3) is 0 Å². The molecule has 0 spiro atoms. The lowest BCUT2D eigenvalue weighted by Crippen LogP contribution is -2.24. The fourth-order valence-electron chi connectivity index (χ4n) is 3.52. The zero-order valence-electron chi connectivity index (χ0n) is 16.9. The second-order valence-electron chi connectivity index (χ2n) is 7.74. The summed E-state index contributed by atoms with van der Waals surface area (Å²) >= 11 is 0. The van der Waals surface area contributed by atoms with E-state index >= 15 is 0 Å². The first-order chi connectivity index (χ1) is 13.5. The summed E-state index contributed by atoms with van der Waals surface area (Å²) in [6.45, 7) is 6.75. The van der Waals surface area contributed by atoms with Crippen molar-refractivity contribution in [2.45, 2.75) is 32.7 Å². The summed E-state index contributed by atoms with van der Waals surface area (Å²) in [5, 5.41) is 1.18.